The lowest BCUT2D eigenvalue weighted by Gasteiger charge is -2.45. The Hall–Kier alpha value is -1.53. The van der Waals surface area contributed by atoms with Crippen molar-refractivity contribution in [1.82, 2.24) is 5.32 Å². The number of likely N-dealkylation sites (N-methyl/N-ethyl adjacent to an activating group) is 1. The molecule has 1 saturated heterocycles. The summed E-state index contributed by atoms with van der Waals surface area (Å²) >= 11 is 0. The monoisotopic (exact) mass is 257 g/mol. The summed E-state index contributed by atoms with van der Waals surface area (Å²) in [5.41, 5.74) is -1.03. The summed E-state index contributed by atoms with van der Waals surface area (Å²) in [4.78, 5) is 11.2. The van der Waals surface area contributed by atoms with E-state index in [4.69, 9.17) is 9.84 Å². The number of carboxylic acid groups (broad SMARTS) is 1. The van der Waals surface area contributed by atoms with Gasteiger partial charge in [0.1, 0.15) is 17.7 Å². The Morgan fingerprint density at radius 3 is 2.61 bits per heavy atom. The average Bonchev–Trinajstić information content (AvgIpc) is 2.26. The van der Waals surface area contributed by atoms with Gasteiger partial charge in [-0.2, -0.15) is 0 Å². The molecule has 0 spiro atoms. The van der Waals surface area contributed by atoms with Gasteiger partial charge in [-0.25, -0.2) is 8.78 Å². The molecule has 1 atom stereocenters. The van der Waals surface area contributed by atoms with Gasteiger partial charge in [-0.15, -0.1) is 0 Å². The lowest BCUT2D eigenvalue weighted by atomic mass is 9.72. The van der Waals surface area contributed by atoms with E-state index in [2.05, 4.69) is 5.32 Å². The van der Waals surface area contributed by atoms with E-state index in [1.54, 1.807) is 0 Å². The van der Waals surface area contributed by atoms with Crippen LogP contribution in [0.15, 0.2) is 18.2 Å². The van der Waals surface area contributed by atoms with Crippen LogP contribution >= 0.6 is 0 Å². The summed E-state index contributed by atoms with van der Waals surface area (Å²) < 4.78 is 32.1. The Balaban J connectivity index is 2.49. The van der Waals surface area contributed by atoms with Gasteiger partial charge < -0.3 is 15.2 Å². The van der Waals surface area contributed by atoms with Crippen LogP contribution < -0.4 is 5.32 Å². The fourth-order valence-electron chi connectivity index (χ4n) is 2.31. The molecule has 18 heavy (non-hydrogen) atoms. The van der Waals surface area contributed by atoms with Crippen LogP contribution in [-0.2, 0) is 14.9 Å². The van der Waals surface area contributed by atoms with Crippen molar-refractivity contribution in [1.29, 1.82) is 0 Å². The van der Waals surface area contributed by atoms with Gasteiger partial charge in [0.05, 0.1) is 18.6 Å². The van der Waals surface area contributed by atoms with E-state index < -0.39 is 29.1 Å². The van der Waals surface area contributed by atoms with Gasteiger partial charge in [-0.3, -0.25) is 4.79 Å². The zero-order valence-electron chi connectivity index (χ0n) is 9.74. The lowest BCUT2D eigenvalue weighted by Crippen LogP contribution is -2.63. The molecule has 2 N–H and O–H groups in total. The number of halogens is 2. The molecule has 0 bridgehead atoms. The second-order valence-electron chi connectivity index (χ2n) is 4.33. The number of nitrogens with one attached hydrogen (secondary N) is 1. The molecule has 0 aromatic heterocycles. The number of carboxylic acids is 1. The van der Waals surface area contributed by atoms with Crippen molar-refractivity contribution in [2.24, 2.45) is 0 Å². The highest BCUT2D eigenvalue weighted by Crippen LogP contribution is 2.37. The normalized spacial score (nSPS) is 19.1. The summed E-state index contributed by atoms with van der Waals surface area (Å²) in [7, 11) is 1.47. The molecule has 1 aromatic rings. The minimum absolute atomic E-state index is 0.0375. The van der Waals surface area contributed by atoms with Gasteiger partial charge in [-0.05, 0) is 25.2 Å². The molecule has 4 nitrogen and oxygen atoms in total. The SMILES string of the molecule is CNC(C(=O)O)C1(c2cc(F)ccc2F)COC1. The van der Waals surface area contributed by atoms with E-state index in [0.29, 0.717) is 0 Å². The first-order valence-electron chi connectivity index (χ1n) is 5.44. The fraction of sp³-hybridized carbons (Fsp3) is 0.417. The highest BCUT2D eigenvalue weighted by molar-refractivity contribution is 5.76. The Kier molecular flexibility index (Phi) is 3.32. The van der Waals surface area contributed by atoms with Gasteiger partial charge in [-0.1, -0.05) is 0 Å². The van der Waals surface area contributed by atoms with E-state index in [0.717, 1.165) is 18.2 Å². The molecule has 1 fully saturated rings. The number of carbonyl (C=O) groups is 1. The van der Waals surface area contributed by atoms with Crippen molar-refractivity contribution in [3.8, 4) is 0 Å². The van der Waals surface area contributed by atoms with Crippen LogP contribution in [0.3, 0.4) is 0 Å². The van der Waals surface area contributed by atoms with Crippen molar-refractivity contribution in [2.45, 2.75) is 11.5 Å². The van der Waals surface area contributed by atoms with Gasteiger partial charge in [0.25, 0.3) is 0 Å². The number of benzene rings is 1. The van der Waals surface area contributed by atoms with E-state index in [9.17, 15) is 13.6 Å². The summed E-state index contributed by atoms with van der Waals surface area (Å²) in [5.74, 6) is -2.34. The largest absolute Gasteiger partial charge is 0.480 e. The topological polar surface area (TPSA) is 58.6 Å². The molecule has 98 valence electrons. The number of aliphatic carboxylic acids is 1. The van der Waals surface area contributed by atoms with Crippen LogP contribution in [-0.4, -0.2) is 37.4 Å². The molecule has 1 aliphatic rings. The van der Waals surface area contributed by atoms with Crippen molar-refractivity contribution >= 4 is 5.97 Å². The third-order valence-electron chi connectivity index (χ3n) is 3.27. The summed E-state index contributed by atoms with van der Waals surface area (Å²) in [6.07, 6.45) is 0. The van der Waals surface area contributed by atoms with Crippen molar-refractivity contribution < 1.29 is 23.4 Å². The smallest absolute Gasteiger partial charge is 0.321 e. The van der Waals surface area contributed by atoms with Crippen LogP contribution in [0.4, 0.5) is 8.78 Å². The fourth-order valence-corrected chi connectivity index (χ4v) is 2.31. The average molecular weight is 257 g/mol. The van der Waals surface area contributed by atoms with Gasteiger partial charge >= 0.3 is 5.97 Å². The molecule has 1 heterocycles. The Bertz CT molecular complexity index is 474. The van der Waals surface area contributed by atoms with E-state index in [1.807, 2.05) is 0 Å². The first-order valence-corrected chi connectivity index (χ1v) is 5.44. The molecule has 1 aromatic carbocycles. The minimum atomic E-state index is -1.12. The predicted molar refractivity (Wildman–Crippen MR) is 59.3 cm³/mol. The zero-order valence-corrected chi connectivity index (χ0v) is 9.74. The molecular formula is C12H13F2NO3. The third-order valence-corrected chi connectivity index (χ3v) is 3.27. The lowest BCUT2D eigenvalue weighted by molar-refractivity contribution is -0.151. The molecular weight excluding hydrogens is 244 g/mol. The van der Waals surface area contributed by atoms with Gasteiger partial charge in [0, 0.05) is 5.56 Å². The Morgan fingerprint density at radius 2 is 2.17 bits per heavy atom. The predicted octanol–water partition coefficient (Wildman–Crippen LogP) is 0.905. The third kappa shape index (κ3) is 1.87. The minimum Gasteiger partial charge on any atom is -0.480 e. The maximum absolute atomic E-state index is 13.8. The molecule has 0 radical (unpaired) electrons. The number of hydrogen-bond donors (Lipinski definition) is 2. The summed E-state index contributed by atoms with van der Waals surface area (Å²) in [5, 5.41) is 11.8. The van der Waals surface area contributed by atoms with Crippen molar-refractivity contribution in [3.05, 3.63) is 35.4 Å². The summed E-state index contributed by atoms with van der Waals surface area (Å²) in [6, 6.07) is 2.01. The number of hydrogen-bond acceptors (Lipinski definition) is 3. The maximum atomic E-state index is 13.8. The molecule has 0 saturated carbocycles. The molecule has 1 aliphatic heterocycles. The second-order valence-corrected chi connectivity index (χ2v) is 4.33. The van der Waals surface area contributed by atoms with E-state index in [-0.39, 0.29) is 18.8 Å². The van der Waals surface area contributed by atoms with E-state index in [1.165, 1.54) is 7.05 Å². The number of rotatable bonds is 4. The quantitative estimate of drug-likeness (QED) is 0.841. The maximum Gasteiger partial charge on any atom is 0.321 e. The number of ether oxygens (including phenoxy) is 1. The molecule has 0 amide bonds. The van der Waals surface area contributed by atoms with E-state index >= 15 is 0 Å². The van der Waals surface area contributed by atoms with Gasteiger partial charge in [0.2, 0.25) is 0 Å². The zero-order chi connectivity index (χ0) is 13.3. The standard InChI is InChI=1S/C12H13F2NO3/c1-15-10(11(16)17)12(5-18-6-12)8-4-7(13)2-3-9(8)14/h2-4,10,15H,5-6H2,1H3,(H,16,17). The van der Waals surface area contributed by atoms with Crippen LogP contribution in [0.25, 0.3) is 0 Å². The van der Waals surface area contributed by atoms with Crippen LogP contribution in [0.1, 0.15) is 5.56 Å². The molecule has 6 heteroatoms. The first-order chi connectivity index (χ1) is 8.51. The van der Waals surface area contributed by atoms with Crippen LogP contribution in [0, 0.1) is 11.6 Å². The van der Waals surface area contributed by atoms with Gasteiger partial charge in [0.15, 0.2) is 0 Å². The molecule has 0 aliphatic carbocycles. The summed E-state index contributed by atoms with van der Waals surface area (Å²) in [6.45, 7) is 0.0936. The van der Waals surface area contributed by atoms with Crippen molar-refractivity contribution in [2.75, 3.05) is 20.3 Å². The van der Waals surface area contributed by atoms with Crippen molar-refractivity contribution in [3.63, 3.8) is 0 Å². The first kappa shape index (κ1) is 12.9. The molecule has 1 unspecified atom stereocenters. The molecule has 2 rings (SSSR count). The Labute approximate surface area is 103 Å². The van der Waals surface area contributed by atoms with Crippen LogP contribution in [0.5, 0.6) is 0 Å². The Morgan fingerprint density at radius 1 is 1.50 bits per heavy atom. The highest BCUT2D eigenvalue weighted by atomic mass is 19.1. The van der Waals surface area contributed by atoms with Crippen LogP contribution in [0.2, 0.25) is 0 Å². The second kappa shape index (κ2) is 4.62. The highest BCUT2D eigenvalue weighted by Gasteiger charge is 2.51.